The van der Waals surface area contributed by atoms with E-state index in [0.29, 0.717) is 6.61 Å². The Balaban J connectivity index is 2.72. The molecule has 0 bridgehead atoms. The average molecular weight is 160 g/mol. The molecule has 0 aromatic heterocycles. The van der Waals surface area contributed by atoms with Crippen molar-refractivity contribution < 1.29 is 14.7 Å². The van der Waals surface area contributed by atoms with Gasteiger partial charge in [-0.1, -0.05) is 0 Å². The Morgan fingerprint density at radius 3 is 2.91 bits per heavy atom. The lowest BCUT2D eigenvalue weighted by Crippen LogP contribution is -2.49. The SMILES string of the molecule is CC1(C(=O)NO)COCC1N. The van der Waals surface area contributed by atoms with E-state index in [1.165, 1.54) is 0 Å². The van der Waals surface area contributed by atoms with Gasteiger partial charge in [-0.05, 0) is 6.92 Å². The van der Waals surface area contributed by atoms with Crippen molar-refractivity contribution in [1.29, 1.82) is 0 Å². The first-order chi connectivity index (χ1) is 5.11. The minimum atomic E-state index is -0.783. The number of nitrogens with two attached hydrogens (primary N) is 1. The molecular formula is C6H12N2O3. The van der Waals surface area contributed by atoms with Crippen molar-refractivity contribution >= 4 is 5.91 Å². The van der Waals surface area contributed by atoms with Crippen LogP contribution in [-0.4, -0.2) is 30.4 Å². The maximum atomic E-state index is 11.0. The van der Waals surface area contributed by atoms with Gasteiger partial charge in [-0.15, -0.1) is 0 Å². The van der Waals surface area contributed by atoms with Gasteiger partial charge in [-0.2, -0.15) is 0 Å². The zero-order valence-corrected chi connectivity index (χ0v) is 6.33. The number of hydroxylamine groups is 1. The van der Waals surface area contributed by atoms with Gasteiger partial charge >= 0.3 is 0 Å². The maximum absolute atomic E-state index is 11.0. The first-order valence-corrected chi connectivity index (χ1v) is 3.39. The van der Waals surface area contributed by atoms with E-state index in [2.05, 4.69) is 0 Å². The first-order valence-electron chi connectivity index (χ1n) is 3.39. The van der Waals surface area contributed by atoms with Crippen molar-refractivity contribution in [2.75, 3.05) is 13.2 Å². The molecule has 1 amide bonds. The molecule has 1 aliphatic rings. The third-order valence-corrected chi connectivity index (χ3v) is 2.14. The van der Waals surface area contributed by atoms with Crippen molar-refractivity contribution in [3.8, 4) is 0 Å². The van der Waals surface area contributed by atoms with Crippen LogP contribution in [0.25, 0.3) is 0 Å². The molecule has 0 aliphatic carbocycles. The van der Waals surface area contributed by atoms with E-state index in [-0.39, 0.29) is 12.6 Å². The van der Waals surface area contributed by atoms with Gasteiger partial charge in [-0.3, -0.25) is 10.0 Å². The van der Waals surface area contributed by atoms with Gasteiger partial charge in [0.25, 0.3) is 5.91 Å². The number of amides is 1. The predicted octanol–water partition coefficient (Wildman–Crippen LogP) is -1.14. The summed E-state index contributed by atoms with van der Waals surface area (Å²) in [6.07, 6.45) is 0. The molecule has 1 fully saturated rings. The van der Waals surface area contributed by atoms with Crippen molar-refractivity contribution in [2.45, 2.75) is 13.0 Å². The summed E-state index contributed by atoms with van der Waals surface area (Å²) in [6, 6.07) is -0.338. The van der Waals surface area contributed by atoms with Gasteiger partial charge in [0.2, 0.25) is 0 Å². The monoisotopic (exact) mass is 160 g/mol. The molecular weight excluding hydrogens is 148 g/mol. The van der Waals surface area contributed by atoms with Gasteiger partial charge < -0.3 is 10.5 Å². The smallest absolute Gasteiger partial charge is 0.253 e. The normalized spacial score (nSPS) is 37.2. The van der Waals surface area contributed by atoms with Crippen LogP contribution in [0.1, 0.15) is 6.92 Å². The number of carbonyl (C=O) groups is 1. The number of hydrogen-bond donors (Lipinski definition) is 3. The molecule has 0 aromatic rings. The first kappa shape index (κ1) is 8.45. The number of rotatable bonds is 1. The van der Waals surface area contributed by atoms with Crippen LogP contribution in [0, 0.1) is 5.41 Å². The summed E-state index contributed by atoms with van der Waals surface area (Å²) in [7, 11) is 0. The minimum Gasteiger partial charge on any atom is -0.379 e. The van der Waals surface area contributed by atoms with E-state index >= 15 is 0 Å². The van der Waals surface area contributed by atoms with Crippen molar-refractivity contribution in [3.63, 3.8) is 0 Å². The molecule has 1 saturated heterocycles. The average Bonchev–Trinajstić information content (AvgIpc) is 2.32. The molecule has 5 heteroatoms. The van der Waals surface area contributed by atoms with E-state index < -0.39 is 11.3 Å². The molecule has 1 rings (SSSR count). The summed E-state index contributed by atoms with van der Waals surface area (Å²) in [5, 5.41) is 8.37. The Morgan fingerprint density at radius 2 is 2.55 bits per heavy atom. The molecule has 64 valence electrons. The number of hydrogen-bond acceptors (Lipinski definition) is 4. The molecule has 0 aromatic carbocycles. The van der Waals surface area contributed by atoms with Gasteiger partial charge in [-0.25, -0.2) is 5.48 Å². The van der Waals surface area contributed by atoms with Crippen LogP contribution in [0.3, 0.4) is 0 Å². The van der Waals surface area contributed by atoms with E-state index in [0.717, 1.165) is 0 Å². The second kappa shape index (κ2) is 2.77. The molecule has 1 heterocycles. The standard InChI is InChI=1S/C6H12N2O3/c1-6(5(9)8-10)3-11-2-4(6)7/h4,10H,2-3,7H2,1H3,(H,8,9). The lowest BCUT2D eigenvalue weighted by molar-refractivity contribution is -0.139. The van der Waals surface area contributed by atoms with Gasteiger partial charge in [0.15, 0.2) is 0 Å². The second-order valence-corrected chi connectivity index (χ2v) is 2.98. The van der Waals surface area contributed by atoms with Gasteiger partial charge in [0, 0.05) is 6.04 Å². The summed E-state index contributed by atoms with van der Waals surface area (Å²) < 4.78 is 5.00. The zero-order valence-electron chi connectivity index (χ0n) is 6.33. The summed E-state index contributed by atoms with van der Waals surface area (Å²) >= 11 is 0. The topological polar surface area (TPSA) is 84.6 Å². The predicted molar refractivity (Wildman–Crippen MR) is 36.8 cm³/mol. The molecule has 0 spiro atoms. The fourth-order valence-electron chi connectivity index (χ4n) is 1.05. The molecule has 0 radical (unpaired) electrons. The van der Waals surface area contributed by atoms with Crippen LogP contribution in [0.4, 0.5) is 0 Å². The lowest BCUT2D eigenvalue weighted by atomic mass is 9.85. The zero-order chi connectivity index (χ0) is 8.48. The highest BCUT2D eigenvalue weighted by Gasteiger charge is 2.44. The van der Waals surface area contributed by atoms with Crippen molar-refractivity contribution in [1.82, 2.24) is 5.48 Å². The minimum absolute atomic E-state index is 0.264. The van der Waals surface area contributed by atoms with E-state index in [1.54, 1.807) is 12.4 Å². The van der Waals surface area contributed by atoms with Crippen LogP contribution in [-0.2, 0) is 9.53 Å². The van der Waals surface area contributed by atoms with Crippen molar-refractivity contribution in [3.05, 3.63) is 0 Å². The van der Waals surface area contributed by atoms with E-state index in [9.17, 15) is 4.79 Å². The Hall–Kier alpha value is -0.650. The quantitative estimate of drug-likeness (QED) is 0.334. The van der Waals surface area contributed by atoms with Crippen LogP contribution in [0.15, 0.2) is 0 Å². The fourth-order valence-corrected chi connectivity index (χ4v) is 1.05. The lowest BCUT2D eigenvalue weighted by Gasteiger charge is -2.23. The Bertz CT molecular complexity index is 173. The largest absolute Gasteiger partial charge is 0.379 e. The van der Waals surface area contributed by atoms with Crippen LogP contribution < -0.4 is 11.2 Å². The molecule has 0 saturated carbocycles. The van der Waals surface area contributed by atoms with E-state index in [1.807, 2.05) is 0 Å². The molecule has 5 nitrogen and oxygen atoms in total. The molecule has 4 N–H and O–H groups in total. The number of carbonyl (C=O) groups excluding carboxylic acids is 1. The van der Waals surface area contributed by atoms with Crippen LogP contribution in [0.5, 0.6) is 0 Å². The Morgan fingerprint density at radius 1 is 1.91 bits per heavy atom. The highest BCUT2D eigenvalue weighted by Crippen LogP contribution is 2.26. The Kier molecular flexibility index (Phi) is 2.12. The van der Waals surface area contributed by atoms with Crippen LogP contribution in [0.2, 0.25) is 0 Å². The highest BCUT2D eigenvalue weighted by molar-refractivity contribution is 5.82. The number of ether oxygens (including phenoxy) is 1. The summed E-state index contributed by atoms with van der Waals surface area (Å²) in [5.74, 6) is -0.484. The van der Waals surface area contributed by atoms with Crippen LogP contribution >= 0.6 is 0 Å². The summed E-state index contributed by atoms with van der Waals surface area (Å²) in [6.45, 7) is 2.29. The molecule has 1 aliphatic heterocycles. The third-order valence-electron chi connectivity index (χ3n) is 2.14. The van der Waals surface area contributed by atoms with Gasteiger partial charge in [0.05, 0.1) is 18.6 Å². The molecule has 11 heavy (non-hydrogen) atoms. The molecule has 2 unspecified atom stereocenters. The van der Waals surface area contributed by atoms with Gasteiger partial charge in [0.1, 0.15) is 0 Å². The Labute approximate surface area is 64.5 Å². The molecule has 2 atom stereocenters. The fraction of sp³-hybridized carbons (Fsp3) is 0.833. The summed E-state index contributed by atoms with van der Waals surface area (Å²) in [5.41, 5.74) is 6.39. The number of nitrogens with one attached hydrogen (secondary N) is 1. The second-order valence-electron chi connectivity index (χ2n) is 2.98. The highest BCUT2D eigenvalue weighted by atomic mass is 16.5. The third kappa shape index (κ3) is 1.22. The maximum Gasteiger partial charge on any atom is 0.253 e. The van der Waals surface area contributed by atoms with E-state index in [4.69, 9.17) is 15.7 Å². The van der Waals surface area contributed by atoms with Crippen molar-refractivity contribution in [2.24, 2.45) is 11.1 Å². The summed E-state index contributed by atoms with van der Waals surface area (Å²) in [4.78, 5) is 11.0.